The van der Waals surface area contributed by atoms with Gasteiger partial charge in [-0.1, -0.05) is 42.5 Å². The van der Waals surface area contributed by atoms with E-state index in [9.17, 15) is 9.18 Å². The highest BCUT2D eigenvalue weighted by atomic mass is 19.1. The van der Waals surface area contributed by atoms with E-state index < -0.39 is 0 Å². The number of aromatic nitrogens is 2. The standard InChI is InChI=1S/C27H25FN4O/c28-26-9-5-4-6-22(26)15-27(33)30-24-11-10-21-12-13-31(19-23(21)14-24)17-20-16-29-32(18-20)25-7-2-1-3-8-25/h1-11,14,16,18H,12-13,15,17,19H2,(H,30,33). The number of amides is 1. The molecule has 5 nitrogen and oxygen atoms in total. The van der Waals surface area contributed by atoms with E-state index in [-0.39, 0.29) is 18.1 Å². The van der Waals surface area contributed by atoms with Crippen LogP contribution in [-0.2, 0) is 30.7 Å². The lowest BCUT2D eigenvalue weighted by atomic mass is 9.98. The smallest absolute Gasteiger partial charge is 0.228 e. The Bertz CT molecular complexity index is 1270. The minimum absolute atomic E-state index is 0.0152. The van der Waals surface area contributed by atoms with Gasteiger partial charge in [-0.15, -0.1) is 0 Å². The number of nitrogens with one attached hydrogen (secondary N) is 1. The third-order valence-corrected chi connectivity index (χ3v) is 5.95. The van der Waals surface area contributed by atoms with Crippen molar-refractivity contribution < 1.29 is 9.18 Å². The molecule has 0 saturated heterocycles. The lowest BCUT2D eigenvalue weighted by Gasteiger charge is -2.28. The summed E-state index contributed by atoms with van der Waals surface area (Å²) in [5, 5.41) is 7.42. The quantitative estimate of drug-likeness (QED) is 0.471. The van der Waals surface area contributed by atoms with Gasteiger partial charge >= 0.3 is 0 Å². The van der Waals surface area contributed by atoms with E-state index in [1.165, 1.54) is 17.2 Å². The van der Waals surface area contributed by atoms with E-state index >= 15 is 0 Å². The van der Waals surface area contributed by atoms with Gasteiger partial charge in [0.05, 0.1) is 18.3 Å². The SMILES string of the molecule is O=C(Cc1ccccc1F)Nc1ccc2c(c1)CN(Cc1cnn(-c3ccccc3)c1)CC2. The van der Waals surface area contributed by atoms with Crippen LogP contribution in [0.25, 0.3) is 5.69 Å². The Morgan fingerprint density at radius 3 is 2.67 bits per heavy atom. The van der Waals surface area contributed by atoms with E-state index in [2.05, 4.69) is 27.6 Å². The third-order valence-electron chi connectivity index (χ3n) is 5.95. The Kier molecular flexibility index (Phi) is 6.00. The van der Waals surface area contributed by atoms with E-state index in [1.807, 2.05) is 53.3 Å². The van der Waals surface area contributed by atoms with Crippen LogP contribution in [-0.4, -0.2) is 27.1 Å². The Morgan fingerprint density at radius 2 is 1.82 bits per heavy atom. The molecule has 4 aromatic rings. The van der Waals surface area contributed by atoms with Crippen molar-refractivity contribution in [3.8, 4) is 5.69 Å². The van der Waals surface area contributed by atoms with Gasteiger partial charge in [-0.05, 0) is 53.4 Å². The van der Waals surface area contributed by atoms with E-state index in [4.69, 9.17) is 0 Å². The van der Waals surface area contributed by atoms with Crippen LogP contribution in [0, 0.1) is 5.82 Å². The number of para-hydroxylation sites is 1. The maximum atomic E-state index is 13.8. The van der Waals surface area contributed by atoms with E-state index in [0.717, 1.165) is 43.0 Å². The van der Waals surface area contributed by atoms with Crippen LogP contribution in [0.2, 0.25) is 0 Å². The summed E-state index contributed by atoms with van der Waals surface area (Å²) in [5.74, 6) is -0.578. The molecule has 1 N–H and O–H groups in total. The highest BCUT2D eigenvalue weighted by molar-refractivity contribution is 5.92. The number of hydrogen-bond acceptors (Lipinski definition) is 3. The molecule has 0 spiro atoms. The molecule has 1 aliphatic rings. The van der Waals surface area contributed by atoms with Crippen LogP contribution in [0.5, 0.6) is 0 Å². The van der Waals surface area contributed by atoms with Crippen LogP contribution < -0.4 is 5.32 Å². The van der Waals surface area contributed by atoms with Crippen LogP contribution in [0.3, 0.4) is 0 Å². The summed E-state index contributed by atoms with van der Waals surface area (Å²) in [6, 6.07) is 22.5. The molecule has 0 fully saturated rings. The van der Waals surface area contributed by atoms with Gasteiger partial charge in [0, 0.05) is 37.1 Å². The number of hydrogen-bond donors (Lipinski definition) is 1. The number of nitrogens with zero attached hydrogens (tertiary/aromatic N) is 3. The molecule has 1 aromatic heterocycles. The number of benzene rings is 3. The molecule has 1 aliphatic heterocycles. The number of carbonyl (C=O) groups excluding carboxylic acids is 1. The lowest BCUT2D eigenvalue weighted by molar-refractivity contribution is -0.115. The number of rotatable bonds is 6. The monoisotopic (exact) mass is 440 g/mol. The molecule has 1 amide bonds. The summed E-state index contributed by atoms with van der Waals surface area (Å²) in [6.07, 6.45) is 4.97. The molecule has 0 radical (unpaired) electrons. The molecule has 2 heterocycles. The molecule has 0 saturated carbocycles. The topological polar surface area (TPSA) is 50.2 Å². The predicted octanol–water partition coefficient (Wildman–Crippen LogP) is 4.75. The lowest BCUT2D eigenvalue weighted by Crippen LogP contribution is -2.30. The molecule has 166 valence electrons. The minimum Gasteiger partial charge on any atom is -0.326 e. The zero-order valence-electron chi connectivity index (χ0n) is 18.2. The second-order valence-electron chi connectivity index (χ2n) is 8.39. The zero-order chi connectivity index (χ0) is 22.6. The van der Waals surface area contributed by atoms with Crippen molar-refractivity contribution in [2.24, 2.45) is 0 Å². The fourth-order valence-corrected chi connectivity index (χ4v) is 4.27. The fraction of sp³-hybridized carbons (Fsp3) is 0.185. The van der Waals surface area contributed by atoms with Crippen LogP contribution in [0.15, 0.2) is 85.2 Å². The van der Waals surface area contributed by atoms with Gasteiger partial charge in [-0.2, -0.15) is 5.10 Å². The Labute approximate surface area is 192 Å². The van der Waals surface area contributed by atoms with Crippen LogP contribution in [0.1, 0.15) is 22.3 Å². The summed E-state index contributed by atoms with van der Waals surface area (Å²) in [6.45, 7) is 2.60. The maximum absolute atomic E-state index is 13.8. The predicted molar refractivity (Wildman–Crippen MR) is 127 cm³/mol. The molecular formula is C27H25FN4O. The summed E-state index contributed by atoms with van der Waals surface area (Å²) < 4.78 is 15.7. The molecule has 3 aromatic carbocycles. The molecular weight excluding hydrogens is 415 g/mol. The van der Waals surface area contributed by atoms with Gasteiger partial charge in [0.15, 0.2) is 0 Å². The molecule has 0 bridgehead atoms. The van der Waals surface area contributed by atoms with Crippen molar-refractivity contribution >= 4 is 11.6 Å². The number of carbonyl (C=O) groups is 1. The fourth-order valence-electron chi connectivity index (χ4n) is 4.27. The van der Waals surface area contributed by atoms with Gasteiger partial charge in [0.2, 0.25) is 5.91 Å². The second-order valence-corrected chi connectivity index (χ2v) is 8.39. The largest absolute Gasteiger partial charge is 0.326 e. The minimum atomic E-state index is -0.357. The third kappa shape index (κ3) is 5.02. The number of anilines is 1. The van der Waals surface area contributed by atoms with Crippen LogP contribution >= 0.6 is 0 Å². The Hall–Kier alpha value is -3.77. The highest BCUT2D eigenvalue weighted by Gasteiger charge is 2.18. The Morgan fingerprint density at radius 1 is 1.00 bits per heavy atom. The summed E-state index contributed by atoms with van der Waals surface area (Å²) in [7, 11) is 0. The number of fused-ring (bicyclic) bond motifs is 1. The van der Waals surface area contributed by atoms with Crippen molar-refractivity contribution in [1.29, 1.82) is 0 Å². The summed E-state index contributed by atoms with van der Waals surface area (Å²) in [5.41, 5.74) is 5.86. The average molecular weight is 441 g/mol. The van der Waals surface area contributed by atoms with Crippen molar-refractivity contribution in [2.75, 3.05) is 11.9 Å². The van der Waals surface area contributed by atoms with Crippen molar-refractivity contribution in [2.45, 2.75) is 25.9 Å². The molecule has 5 rings (SSSR count). The maximum Gasteiger partial charge on any atom is 0.228 e. The summed E-state index contributed by atoms with van der Waals surface area (Å²) >= 11 is 0. The first-order valence-corrected chi connectivity index (χ1v) is 11.1. The highest BCUT2D eigenvalue weighted by Crippen LogP contribution is 2.24. The first kappa shape index (κ1) is 21.1. The summed E-state index contributed by atoms with van der Waals surface area (Å²) in [4.78, 5) is 14.8. The first-order valence-electron chi connectivity index (χ1n) is 11.1. The zero-order valence-corrected chi connectivity index (χ0v) is 18.2. The van der Waals surface area contributed by atoms with Gasteiger partial charge in [-0.25, -0.2) is 9.07 Å². The molecule has 0 unspecified atom stereocenters. The molecule has 6 heteroatoms. The van der Waals surface area contributed by atoms with Gasteiger partial charge < -0.3 is 5.32 Å². The molecule has 0 atom stereocenters. The van der Waals surface area contributed by atoms with E-state index in [0.29, 0.717) is 5.56 Å². The Balaban J connectivity index is 1.23. The van der Waals surface area contributed by atoms with Crippen molar-refractivity contribution in [1.82, 2.24) is 14.7 Å². The van der Waals surface area contributed by atoms with Crippen molar-refractivity contribution in [3.63, 3.8) is 0 Å². The van der Waals surface area contributed by atoms with Crippen LogP contribution in [0.4, 0.5) is 10.1 Å². The van der Waals surface area contributed by atoms with Crippen molar-refractivity contribution in [3.05, 3.63) is 113 Å². The number of halogens is 1. The molecule has 0 aliphatic carbocycles. The van der Waals surface area contributed by atoms with Gasteiger partial charge in [-0.3, -0.25) is 9.69 Å². The average Bonchev–Trinajstić information content (AvgIpc) is 3.29. The normalized spacial score (nSPS) is 13.5. The first-order chi connectivity index (χ1) is 16.1. The second kappa shape index (κ2) is 9.38. The van der Waals surface area contributed by atoms with Gasteiger partial charge in [0.25, 0.3) is 0 Å². The van der Waals surface area contributed by atoms with E-state index in [1.54, 1.807) is 18.2 Å². The van der Waals surface area contributed by atoms with Gasteiger partial charge in [0.1, 0.15) is 5.82 Å². The molecule has 33 heavy (non-hydrogen) atoms.